The maximum Gasteiger partial charge on any atom is 0.326 e. The normalized spacial score (nSPS) is 21.4. The first-order valence-electron chi connectivity index (χ1n) is 15.0. The number of hydrogen-bond acceptors (Lipinski definition) is 5. The number of anilines is 1. The summed E-state index contributed by atoms with van der Waals surface area (Å²) in [6.07, 6.45) is 0.509. The number of rotatable bonds is 8. The fourth-order valence-electron chi connectivity index (χ4n) is 5.92. The minimum Gasteiger partial charge on any atom is -0.459 e. The predicted molar refractivity (Wildman–Crippen MR) is 181 cm³/mol. The van der Waals surface area contributed by atoms with Crippen LogP contribution in [0.15, 0.2) is 54.6 Å². The number of nitrogens with one attached hydrogen (secondary N) is 1. The van der Waals surface area contributed by atoms with Gasteiger partial charge in [0.2, 0.25) is 11.8 Å². The summed E-state index contributed by atoms with van der Waals surface area (Å²) in [7, 11) is 0.961. The van der Waals surface area contributed by atoms with E-state index in [0.717, 1.165) is 12.2 Å². The third kappa shape index (κ3) is 8.13. The summed E-state index contributed by atoms with van der Waals surface area (Å²) in [5.41, 5.74) is 0.759. The Bertz CT molecular complexity index is 1400. The average Bonchev–Trinajstić information content (AvgIpc) is 3.18. The quantitative estimate of drug-likeness (QED) is 0.177. The molecule has 1 saturated heterocycles. The van der Waals surface area contributed by atoms with E-state index in [9.17, 15) is 14.4 Å². The third-order valence-electron chi connectivity index (χ3n) is 7.91. The number of hydrogen-bond donors (Lipinski definition) is 1. The molecule has 10 heteroatoms. The number of ether oxygens (including phenoxy) is 2. The van der Waals surface area contributed by atoms with Crippen LogP contribution in [0.25, 0.3) is 0 Å². The molecule has 1 fully saturated rings. The van der Waals surface area contributed by atoms with Crippen molar-refractivity contribution in [1.29, 1.82) is 0 Å². The van der Waals surface area contributed by atoms with Crippen molar-refractivity contribution in [1.82, 2.24) is 4.90 Å². The van der Waals surface area contributed by atoms with E-state index in [0.29, 0.717) is 33.3 Å². The van der Waals surface area contributed by atoms with Gasteiger partial charge in [-0.2, -0.15) is 0 Å². The molecule has 7 nitrogen and oxygen atoms in total. The molecule has 2 amide bonds. The van der Waals surface area contributed by atoms with Crippen molar-refractivity contribution in [3.05, 3.63) is 75.8 Å². The topological polar surface area (TPSA) is 84.9 Å². The smallest absolute Gasteiger partial charge is 0.326 e. The fraction of sp³-hybridized carbons (Fsp3) is 0.500. The Morgan fingerprint density at radius 2 is 1.77 bits per heavy atom. The van der Waals surface area contributed by atoms with Crippen LogP contribution >= 0.6 is 23.2 Å². The summed E-state index contributed by atoms with van der Waals surface area (Å²) in [6.45, 7) is 19.2. The third-order valence-corrected chi connectivity index (χ3v) is 10.1. The molecule has 3 atom stereocenters. The minimum atomic E-state index is -1.24. The van der Waals surface area contributed by atoms with Crippen molar-refractivity contribution in [2.45, 2.75) is 89.2 Å². The number of fused-ring (bicyclic) bond motifs is 2. The molecule has 2 aliphatic heterocycles. The summed E-state index contributed by atoms with van der Waals surface area (Å²) in [4.78, 5) is 42.2. The lowest BCUT2D eigenvalue weighted by Gasteiger charge is -2.51. The number of likely N-dealkylation sites (tertiary alicyclic amines) is 1. The number of halogens is 2. The van der Waals surface area contributed by atoms with E-state index in [1.165, 1.54) is 10.9 Å². The standard InChI is InChI=1S/C28H30Cl2N2O4.C6H16OSi/c1-6-16(2)25-28(20-11-10-19(30)13-22(20)31-26(28)35)21(17-8-7-9-18(29)12-17)14-23(33)32(25)15-24(34)36-27(3,4)5;1-7-5-6-8(2,3)4/h7-13,21,25H,2,6,14-15H2,1,3-5H3,(H,31,35);5-6H2,1-4H3/t21-,25+,28-;/m0./s1. The first-order chi connectivity index (χ1) is 20.4. The Balaban J connectivity index is 0.000000583. The number of carbonyl (C=O) groups excluding carboxylic acids is 3. The van der Waals surface area contributed by atoms with Crippen molar-refractivity contribution < 1.29 is 23.9 Å². The summed E-state index contributed by atoms with van der Waals surface area (Å²) in [5.74, 6) is -1.62. The van der Waals surface area contributed by atoms with E-state index in [2.05, 4.69) is 31.5 Å². The van der Waals surface area contributed by atoms with Gasteiger partial charge in [0.05, 0.1) is 6.04 Å². The number of carbonyl (C=O) groups is 3. The highest BCUT2D eigenvalue weighted by Crippen LogP contribution is 2.56. The van der Waals surface area contributed by atoms with Gasteiger partial charge in [-0.25, -0.2) is 0 Å². The predicted octanol–water partition coefficient (Wildman–Crippen LogP) is 7.85. The van der Waals surface area contributed by atoms with E-state index in [1.54, 1.807) is 52.1 Å². The molecule has 2 aromatic rings. The van der Waals surface area contributed by atoms with Crippen molar-refractivity contribution in [3.63, 3.8) is 0 Å². The second-order valence-electron chi connectivity index (χ2n) is 13.7. The van der Waals surface area contributed by atoms with Gasteiger partial charge in [0, 0.05) is 49.9 Å². The Labute approximate surface area is 273 Å². The number of esters is 1. The maximum atomic E-state index is 14.1. The molecule has 0 unspecified atom stereocenters. The zero-order valence-electron chi connectivity index (χ0n) is 27.2. The molecule has 0 radical (unpaired) electrons. The molecule has 1 N–H and O–H groups in total. The SMILES string of the molecule is C=C(CC)[C@H]1N(CC(=O)OC(C)(C)C)C(=O)C[C@@H](c2cccc(Cl)c2)[C@]12C(=O)Nc1cc(Cl)ccc12.COCC[Si](C)(C)C. The molecule has 0 aliphatic carbocycles. The molecule has 0 bridgehead atoms. The van der Waals surface area contributed by atoms with Gasteiger partial charge in [0.25, 0.3) is 0 Å². The van der Waals surface area contributed by atoms with E-state index in [4.69, 9.17) is 32.7 Å². The molecule has 240 valence electrons. The van der Waals surface area contributed by atoms with Crippen LogP contribution in [0.3, 0.4) is 0 Å². The number of nitrogens with zero attached hydrogens (tertiary/aromatic N) is 1. The molecular weight excluding hydrogens is 615 g/mol. The summed E-state index contributed by atoms with van der Waals surface area (Å²) in [6, 6.07) is 13.0. The van der Waals surface area contributed by atoms with Crippen molar-refractivity contribution in [2.75, 3.05) is 25.6 Å². The molecule has 44 heavy (non-hydrogen) atoms. The average molecular weight is 662 g/mol. The Hall–Kier alpha value is -2.65. The number of methoxy groups -OCH3 is 1. The van der Waals surface area contributed by atoms with E-state index in [1.807, 2.05) is 25.1 Å². The second-order valence-corrected chi connectivity index (χ2v) is 20.1. The largest absolute Gasteiger partial charge is 0.459 e. The minimum absolute atomic E-state index is 0.00607. The van der Waals surface area contributed by atoms with Crippen LogP contribution in [-0.4, -0.2) is 62.7 Å². The summed E-state index contributed by atoms with van der Waals surface area (Å²) < 4.78 is 10.5. The van der Waals surface area contributed by atoms with Crippen LogP contribution in [0, 0.1) is 0 Å². The van der Waals surface area contributed by atoms with Gasteiger partial charge in [-0.1, -0.05) is 80.1 Å². The number of benzene rings is 2. The summed E-state index contributed by atoms with van der Waals surface area (Å²) >= 11 is 12.6. The molecule has 4 rings (SSSR count). The molecular formula is C34H46Cl2N2O5Si. The van der Waals surface area contributed by atoms with Gasteiger partial charge in [0.1, 0.15) is 17.6 Å². The first kappa shape index (κ1) is 35.8. The van der Waals surface area contributed by atoms with Crippen molar-refractivity contribution in [2.24, 2.45) is 0 Å². The van der Waals surface area contributed by atoms with Gasteiger partial charge < -0.3 is 19.7 Å². The highest BCUT2D eigenvalue weighted by Gasteiger charge is 2.63. The molecule has 1 spiro atoms. The van der Waals surface area contributed by atoms with E-state index >= 15 is 0 Å². The lowest BCUT2D eigenvalue weighted by Crippen LogP contribution is -2.64. The van der Waals surface area contributed by atoms with Gasteiger partial charge in [-0.05, 0) is 68.6 Å². The first-order valence-corrected chi connectivity index (χ1v) is 19.5. The van der Waals surface area contributed by atoms with E-state index < -0.39 is 37.0 Å². The van der Waals surface area contributed by atoms with Crippen LogP contribution in [0.4, 0.5) is 5.69 Å². The van der Waals surface area contributed by atoms with Gasteiger partial charge in [-0.15, -0.1) is 0 Å². The molecule has 2 aromatic carbocycles. The monoisotopic (exact) mass is 660 g/mol. The zero-order valence-corrected chi connectivity index (χ0v) is 29.7. The van der Waals surface area contributed by atoms with Crippen LogP contribution in [0.5, 0.6) is 0 Å². The highest BCUT2D eigenvalue weighted by molar-refractivity contribution is 6.76. The van der Waals surface area contributed by atoms with Gasteiger partial charge in [0.15, 0.2) is 0 Å². The van der Waals surface area contributed by atoms with Crippen molar-refractivity contribution in [3.8, 4) is 0 Å². The van der Waals surface area contributed by atoms with Crippen LogP contribution in [0.2, 0.25) is 35.7 Å². The van der Waals surface area contributed by atoms with Crippen LogP contribution in [0.1, 0.15) is 57.6 Å². The lowest BCUT2D eigenvalue weighted by molar-refractivity contribution is -0.163. The maximum absolute atomic E-state index is 14.1. The Morgan fingerprint density at radius 1 is 1.11 bits per heavy atom. The van der Waals surface area contributed by atoms with Crippen LogP contribution < -0.4 is 5.32 Å². The lowest BCUT2D eigenvalue weighted by atomic mass is 9.58. The van der Waals surface area contributed by atoms with Crippen molar-refractivity contribution >= 4 is 54.7 Å². The molecule has 0 aromatic heterocycles. The zero-order chi connectivity index (χ0) is 33.0. The highest BCUT2D eigenvalue weighted by atomic mass is 35.5. The molecule has 2 heterocycles. The van der Waals surface area contributed by atoms with Gasteiger partial charge in [-0.3, -0.25) is 14.4 Å². The van der Waals surface area contributed by atoms with Gasteiger partial charge >= 0.3 is 5.97 Å². The molecule has 0 saturated carbocycles. The van der Waals surface area contributed by atoms with Crippen LogP contribution in [-0.2, 0) is 29.3 Å². The van der Waals surface area contributed by atoms with E-state index in [-0.39, 0.29) is 24.8 Å². The second kappa shape index (κ2) is 14.2. The Kier molecular flexibility index (Phi) is 11.6. The fourth-order valence-corrected chi connectivity index (χ4v) is 7.11. The number of piperidine rings is 1. The number of amides is 2. The summed E-state index contributed by atoms with van der Waals surface area (Å²) in [5, 5.41) is 3.98. The Morgan fingerprint density at radius 3 is 2.32 bits per heavy atom. The molecule has 2 aliphatic rings.